The molecule has 0 heterocycles. The van der Waals surface area contributed by atoms with Gasteiger partial charge in [-0.2, -0.15) is 0 Å². The number of ether oxygens (including phenoxy) is 1. The van der Waals surface area contributed by atoms with E-state index < -0.39 is 0 Å². The van der Waals surface area contributed by atoms with E-state index in [0.717, 1.165) is 42.0 Å². The molecule has 0 aliphatic carbocycles. The number of nitrogens with one attached hydrogen (secondary N) is 1. The van der Waals surface area contributed by atoms with Crippen molar-refractivity contribution < 1.29 is 9.53 Å². The van der Waals surface area contributed by atoms with Crippen LogP contribution in [0.25, 0.3) is 6.08 Å². The minimum atomic E-state index is -0.128. The van der Waals surface area contributed by atoms with Crippen molar-refractivity contribution >= 4 is 17.7 Å². The molecule has 0 fully saturated rings. The monoisotopic (exact) mass is 337 g/mol. The lowest BCUT2D eigenvalue weighted by molar-refractivity contribution is -0.111. The van der Waals surface area contributed by atoms with Crippen molar-refractivity contribution in [2.45, 2.75) is 39.5 Å². The van der Waals surface area contributed by atoms with Gasteiger partial charge in [-0.1, -0.05) is 57.5 Å². The Balaban J connectivity index is 1.94. The van der Waals surface area contributed by atoms with Gasteiger partial charge in [0.15, 0.2) is 0 Å². The van der Waals surface area contributed by atoms with Crippen LogP contribution in [0.15, 0.2) is 54.6 Å². The van der Waals surface area contributed by atoms with Crippen molar-refractivity contribution in [3.63, 3.8) is 0 Å². The van der Waals surface area contributed by atoms with Gasteiger partial charge in [-0.05, 0) is 47.7 Å². The van der Waals surface area contributed by atoms with Gasteiger partial charge in [0.05, 0.1) is 6.61 Å². The summed E-state index contributed by atoms with van der Waals surface area (Å²) in [5.74, 6) is 1.10. The number of hydrogen-bond acceptors (Lipinski definition) is 2. The van der Waals surface area contributed by atoms with Gasteiger partial charge in [-0.25, -0.2) is 0 Å². The number of para-hydroxylation sites is 1. The molecule has 3 nitrogen and oxygen atoms in total. The van der Waals surface area contributed by atoms with Crippen LogP contribution in [0.4, 0.5) is 5.69 Å². The second-order valence-electron chi connectivity index (χ2n) is 6.34. The summed E-state index contributed by atoms with van der Waals surface area (Å²) in [6, 6.07) is 15.7. The molecule has 3 heteroatoms. The molecule has 2 rings (SSSR count). The molecule has 0 spiro atoms. The Hall–Kier alpha value is -2.55. The Morgan fingerprint density at radius 3 is 2.52 bits per heavy atom. The summed E-state index contributed by atoms with van der Waals surface area (Å²) in [4.78, 5) is 12.2. The van der Waals surface area contributed by atoms with E-state index >= 15 is 0 Å². The lowest BCUT2D eigenvalue weighted by Crippen LogP contribution is -2.10. The molecule has 0 bridgehead atoms. The van der Waals surface area contributed by atoms with E-state index in [9.17, 15) is 4.79 Å². The minimum absolute atomic E-state index is 0.128. The zero-order valence-electron chi connectivity index (χ0n) is 15.3. The molecule has 0 atom stereocenters. The van der Waals surface area contributed by atoms with Crippen molar-refractivity contribution in [1.82, 2.24) is 0 Å². The highest BCUT2D eigenvalue weighted by molar-refractivity contribution is 6.02. The van der Waals surface area contributed by atoms with E-state index in [-0.39, 0.29) is 5.91 Å². The van der Waals surface area contributed by atoms with E-state index in [4.69, 9.17) is 4.74 Å². The van der Waals surface area contributed by atoms with E-state index in [1.54, 1.807) is 6.08 Å². The molecule has 1 amide bonds. The van der Waals surface area contributed by atoms with Crippen molar-refractivity contribution in [2.24, 2.45) is 0 Å². The van der Waals surface area contributed by atoms with E-state index in [1.165, 1.54) is 0 Å². The molecule has 1 N–H and O–H groups in total. The molecule has 25 heavy (non-hydrogen) atoms. The molecule has 0 aliphatic heterocycles. The SMILES string of the molecule is CCCCOc1ccc(C=CC(=O)Nc2ccccc2C(C)C)cc1. The predicted octanol–water partition coefficient (Wildman–Crippen LogP) is 5.64. The van der Waals surface area contributed by atoms with Crippen molar-refractivity contribution in [3.05, 3.63) is 65.7 Å². The maximum atomic E-state index is 12.2. The molecule has 0 saturated carbocycles. The molecule has 0 saturated heterocycles. The summed E-state index contributed by atoms with van der Waals surface area (Å²) in [5.41, 5.74) is 2.97. The Bertz CT molecular complexity index is 702. The van der Waals surface area contributed by atoms with Gasteiger partial charge in [0.1, 0.15) is 5.75 Å². The van der Waals surface area contributed by atoms with Gasteiger partial charge >= 0.3 is 0 Å². The van der Waals surface area contributed by atoms with E-state index in [0.29, 0.717) is 5.92 Å². The lowest BCUT2D eigenvalue weighted by atomic mass is 10.0. The third kappa shape index (κ3) is 6.11. The fourth-order valence-electron chi connectivity index (χ4n) is 2.47. The molecule has 2 aromatic rings. The molecule has 0 unspecified atom stereocenters. The maximum absolute atomic E-state index is 12.2. The van der Waals surface area contributed by atoms with Crippen LogP contribution in [0.2, 0.25) is 0 Å². The van der Waals surface area contributed by atoms with Gasteiger partial charge in [-0.3, -0.25) is 4.79 Å². The van der Waals surface area contributed by atoms with Gasteiger partial charge in [0.2, 0.25) is 5.91 Å². The van der Waals surface area contributed by atoms with Crippen molar-refractivity contribution in [3.8, 4) is 5.75 Å². The van der Waals surface area contributed by atoms with Crippen LogP contribution in [0, 0.1) is 0 Å². The number of rotatable bonds is 8. The number of carbonyl (C=O) groups is 1. The maximum Gasteiger partial charge on any atom is 0.248 e. The molecule has 2 aromatic carbocycles. The third-order valence-corrected chi connectivity index (χ3v) is 3.91. The summed E-state index contributed by atoms with van der Waals surface area (Å²) in [7, 11) is 0. The van der Waals surface area contributed by atoms with Gasteiger partial charge in [-0.15, -0.1) is 0 Å². The second-order valence-corrected chi connectivity index (χ2v) is 6.34. The highest BCUT2D eigenvalue weighted by Gasteiger charge is 2.07. The zero-order chi connectivity index (χ0) is 18.1. The zero-order valence-corrected chi connectivity index (χ0v) is 15.3. The van der Waals surface area contributed by atoms with Crippen LogP contribution < -0.4 is 10.1 Å². The van der Waals surface area contributed by atoms with Crippen molar-refractivity contribution in [1.29, 1.82) is 0 Å². The summed E-state index contributed by atoms with van der Waals surface area (Å²) in [5, 5.41) is 2.96. The van der Waals surface area contributed by atoms with Gasteiger partial charge in [0, 0.05) is 11.8 Å². The number of carbonyl (C=O) groups excluding carboxylic acids is 1. The third-order valence-electron chi connectivity index (χ3n) is 3.91. The first-order valence-corrected chi connectivity index (χ1v) is 8.91. The number of benzene rings is 2. The Morgan fingerprint density at radius 2 is 1.84 bits per heavy atom. The molecular formula is C22H27NO2. The lowest BCUT2D eigenvalue weighted by Gasteiger charge is -2.12. The highest BCUT2D eigenvalue weighted by Crippen LogP contribution is 2.23. The fourth-order valence-corrected chi connectivity index (χ4v) is 2.47. The smallest absolute Gasteiger partial charge is 0.248 e. The van der Waals surface area contributed by atoms with Crippen molar-refractivity contribution in [2.75, 3.05) is 11.9 Å². The van der Waals surface area contributed by atoms with Crippen LogP contribution >= 0.6 is 0 Å². The first kappa shape index (κ1) is 18.8. The summed E-state index contributed by atoms with van der Waals surface area (Å²) in [6.45, 7) is 7.11. The van der Waals surface area contributed by atoms with Crippen LogP contribution in [0.1, 0.15) is 50.7 Å². The minimum Gasteiger partial charge on any atom is -0.494 e. The molecule has 132 valence electrons. The summed E-state index contributed by atoms with van der Waals surface area (Å²) >= 11 is 0. The normalized spacial score (nSPS) is 11.0. The fraction of sp³-hybridized carbons (Fsp3) is 0.318. The van der Waals surface area contributed by atoms with Crippen LogP contribution in [0.3, 0.4) is 0 Å². The Kier molecular flexibility index (Phi) is 7.27. The summed E-state index contributed by atoms with van der Waals surface area (Å²) in [6.07, 6.45) is 5.54. The molecular weight excluding hydrogens is 310 g/mol. The molecule has 0 aliphatic rings. The molecule has 0 aromatic heterocycles. The number of hydrogen-bond donors (Lipinski definition) is 1. The average Bonchev–Trinajstić information content (AvgIpc) is 2.61. The first-order chi connectivity index (χ1) is 12.1. The number of amides is 1. The average molecular weight is 337 g/mol. The van der Waals surface area contributed by atoms with E-state index in [2.05, 4.69) is 26.1 Å². The summed E-state index contributed by atoms with van der Waals surface area (Å²) < 4.78 is 5.64. The van der Waals surface area contributed by atoms with Crippen LogP contribution in [-0.2, 0) is 4.79 Å². The Morgan fingerprint density at radius 1 is 1.12 bits per heavy atom. The van der Waals surface area contributed by atoms with E-state index in [1.807, 2.05) is 54.6 Å². The van der Waals surface area contributed by atoms with Crippen LogP contribution in [0.5, 0.6) is 5.75 Å². The second kappa shape index (κ2) is 9.67. The van der Waals surface area contributed by atoms with Gasteiger partial charge in [0.25, 0.3) is 0 Å². The molecule has 0 radical (unpaired) electrons. The number of anilines is 1. The largest absolute Gasteiger partial charge is 0.494 e. The first-order valence-electron chi connectivity index (χ1n) is 8.91. The van der Waals surface area contributed by atoms with Crippen LogP contribution in [-0.4, -0.2) is 12.5 Å². The number of unbranched alkanes of at least 4 members (excludes halogenated alkanes) is 1. The van der Waals surface area contributed by atoms with Gasteiger partial charge < -0.3 is 10.1 Å². The standard InChI is InChI=1S/C22H27NO2/c1-4-5-16-25-19-13-10-18(11-14-19)12-15-22(24)23-21-9-7-6-8-20(21)17(2)3/h6-15,17H,4-5,16H2,1-3H3,(H,23,24). The predicted molar refractivity (Wildman–Crippen MR) is 105 cm³/mol. The topological polar surface area (TPSA) is 38.3 Å². The highest BCUT2D eigenvalue weighted by atomic mass is 16.5. The Labute approximate surface area is 150 Å². The quantitative estimate of drug-likeness (QED) is 0.500.